The first-order chi connectivity index (χ1) is 10.1. The lowest BCUT2D eigenvalue weighted by Gasteiger charge is -2.14. The van der Waals surface area contributed by atoms with Crippen molar-refractivity contribution in [2.45, 2.75) is 32.7 Å². The molecule has 1 atom stereocenters. The number of carbonyl (C=O) groups is 2. The van der Waals surface area contributed by atoms with Gasteiger partial charge in [0.2, 0.25) is 0 Å². The largest absolute Gasteiger partial charge is 0.494 e. The van der Waals surface area contributed by atoms with Gasteiger partial charge in [0, 0.05) is 0 Å². The van der Waals surface area contributed by atoms with Crippen LogP contribution in [0.4, 0.5) is 0 Å². The van der Waals surface area contributed by atoms with Crippen molar-refractivity contribution in [3.05, 3.63) is 24.3 Å². The van der Waals surface area contributed by atoms with E-state index >= 15 is 0 Å². The molecule has 1 rings (SSSR count). The Bertz CT molecular complexity index is 458. The van der Waals surface area contributed by atoms with Crippen molar-refractivity contribution < 1.29 is 24.2 Å². The number of carboxylic acid groups (broad SMARTS) is 1. The Morgan fingerprint density at radius 3 is 2.19 bits per heavy atom. The molecule has 0 radical (unpaired) electrons. The number of hydrogen-bond acceptors (Lipinski definition) is 4. The van der Waals surface area contributed by atoms with E-state index in [0.29, 0.717) is 25.2 Å². The minimum atomic E-state index is -1.04. The van der Waals surface area contributed by atoms with Gasteiger partial charge >= 0.3 is 5.97 Å². The lowest BCUT2D eigenvalue weighted by molar-refractivity contribution is -0.142. The van der Waals surface area contributed by atoms with Crippen LogP contribution in [0.1, 0.15) is 26.7 Å². The molecule has 0 aliphatic rings. The summed E-state index contributed by atoms with van der Waals surface area (Å²) < 4.78 is 10.6. The van der Waals surface area contributed by atoms with Gasteiger partial charge in [0.1, 0.15) is 17.5 Å². The lowest BCUT2D eigenvalue weighted by Crippen LogP contribution is -2.42. The number of ether oxygens (including phenoxy) is 2. The van der Waals surface area contributed by atoms with Gasteiger partial charge in [-0.3, -0.25) is 4.79 Å². The van der Waals surface area contributed by atoms with E-state index < -0.39 is 17.9 Å². The zero-order valence-electron chi connectivity index (χ0n) is 12.3. The fraction of sp³-hybridized carbons (Fsp3) is 0.467. The lowest BCUT2D eigenvalue weighted by atomic mass is 10.2. The van der Waals surface area contributed by atoms with Crippen LogP contribution in [0.25, 0.3) is 0 Å². The summed E-state index contributed by atoms with van der Waals surface area (Å²) in [5, 5.41) is 11.4. The van der Waals surface area contributed by atoms with E-state index in [1.807, 2.05) is 13.8 Å². The summed E-state index contributed by atoms with van der Waals surface area (Å²) in [5.41, 5.74) is 0. The molecule has 0 aliphatic heterocycles. The molecular weight excluding hydrogens is 274 g/mol. The molecule has 6 nitrogen and oxygen atoms in total. The summed E-state index contributed by atoms with van der Waals surface area (Å²) in [6.07, 6.45) is 1.07. The fourth-order valence-electron chi connectivity index (χ4n) is 1.73. The zero-order valence-corrected chi connectivity index (χ0v) is 12.3. The maximum absolute atomic E-state index is 11.7. The second-order valence-electron chi connectivity index (χ2n) is 4.44. The van der Waals surface area contributed by atoms with Gasteiger partial charge in [-0.15, -0.1) is 0 Å². The van der Waals surface area contributed by atoms with Crippen molar-refractivity contribution in [2.75, 3.05) is 13.2 Å². The van der Waals surface area contributed by atoms with Crippen LogP contribution in [-0.2, 0) is 9.59 Å². The smallest absolute Gasteiger partial charge is 0.326 e. The first-order valence-corrected chi connectivity index (χ1v) is 6.94. The molecule has 0 bridgehead atoms. The molecule has 0 aromatic heterocycles. The standard InChI is InChI=1S/C15H21NO5/c1-3-5-13(15(18)19)16-14(17)10-21-12-8-6-11(7-9-12)20-4-2/h6-9,13H,3-5,10H2,1-2H3,(H,16,17)(H,18,19)/t13-/m0/s1. The summed E-state index contributed by atoms with van der Waals surface area (Å²) in [5.74, 6) is -0.241. The Kier molecular flexibility index (Phi) is 7.08. The number of benzene rings is 1. The third-order valence-electron chi connectivity index (χ3n) is 2.72. The number of aliphatic carboxylic acids is 1. The predicted octanol–water partition coefficient (Wildman–Crippen LogP) is 1.83. The maximum Gasteiger partial charge on any atom is 0.326 e. The van der Waals surface area contributed by atoms with Gasteiger partial charge < -0.3 is 19.9 Å². The normalized spacial score (nSPS) is 11.5. The SMILES string of the molecule is CCC[C@H](NC(=O)COc1ccc(OCC)cc1)C(=O)O. The second-order valence-corrected chi connectivity index (χ2v) is 4.44. The molecule has 0 fully saturated rings. The molecule has 2 N–H and O–H groups in total. The van der Waals surface area contributed by atoms with Gasteiger partial charge in [0.05, 0.1) is 6.61 Å². The maximum atomic E-state index is 11.7. The highest BCUT2D eigenvalue weighted by molar-refractivity contribution is 5.84. The molecule has 0 saturated carbocycles. The van der Waals surface area contributed by atoms with Crippen molar-refractivity contribution >= 4 is 11.9 Å². The van der Waals surface area contributed by atoms with E-state index in [9.17, 15) is 9.59 Å². The van der Waals surface area contributed by atoms with Crippen LogP contribution in [0.2, 0.25) is 0 Å². The average Bonchev–Trinajstić information content (AvgIpc) is 2.46. The van der Waals surface area contributed by atoms with Crippen LogP contribution in [0.15, 0.2) is 24.3 Å². The van der Waals surface area contributed by atoms with Gasteiger partial charge in [-0.1, -0.05) is 13.3 Å². The molecule has 0 unspecified atom stereocenters. The highest BCUT2D eigenvalue weighted by Gasteiger charge is 2.18. The van der Waals surface area contributed by atoms with Crippen LogP contribution in [0, 0.1) is 0 Å². The number of carboxylic acids is 1. The van der Waals surface area contributed by atoms with Crippen molar-refractivity contribution in [3.8, 4) is 11.5 Å². The van der Waals surface area contributed by atoms with E-state index in [-0.39, 0.29) is 6.61 Å². The molecular formula is C15H21NO5. The molecule has 6 heteroatoms. The number of hydrogen-bond donors (Lipinski definition) is 2. The first kappa shape index (κ1) is 16.8. The summed E-state index contributed by atoms with van der Waals surface area (Å²) >= 11 is 0. The minimum Gasteiger partial charge on any atom is -0.494 e. The quantitative estimate of drug-likeness (QED) is 0.726. The number of carbonyl (C=O) groups excluding carboxylic acids is 1. The highest BCUT2D eigenvalue weighted by Crippen LogP contribution is 2.17. The monoisotopic (exact) mass is 295 g/mol. The van der Waals surface area contributed by atoms with Gasteiger partial charge in [-0.25, -0.2) is 4.79 Å². The average molecular weight is 295 g/mol. The molecule has 1 aromatic carbocycles. The Hall–Kier alpha value is -2.24. The molecule has 0 spiro atoms. The first-order valence-electron chi connectivity index (χ1n) is 6.94. The number of rotatable bonds is 9. The van der Waals surface area contributed by atoms with Crippen LogP contribution >= 0.6 is 0 Å². The highest BCUT2D eigenvalue weighted by atomic mass is 16.5. The van der Waals surface area contributed by atoms with E-state index in [0.717, 1.165) is 5.75 Å². The predicted molar refractivity (Wildman–Crippen MR) is 77.6 cm³/mol. The van der Waals surface area contributed by atoms with Crippen LogP contribution in [0.5, 0.6) is 11.5 Å². The van der Waals surface area contributed by atoms with Crippen molar-refractivity contribution in [1.82, 2.24) is 5.32 Å². The van der Waals surface area contributed by atoms with Crippen LogP contribution in [0.3, 0.4) is 0 Å². The second kappa shape index (κ2) is 8.84. The van der Waals surface area contributed by atoms with E-state index in [1.54, 1.807) is 24.3 Å². The van der Waals surface area contributed by atoms with Crippen molar-refractivity contribution in [1.29, 1.82) is 0 Å². The van der Waals surface area contributed by atoms with Gasteiger partial charge in [-0.05, 0) is 37.6 Å². The van der Waals surface area contributed by atoms with E-state index in [1.165, 1.54) is 0 Å². The third-order valence-corrected chi connectivity index (χ3v) is 2.72. The van der Waals surface area contributed by atoms with Crippen molar-refractivity contribution in [3.63, 3.8) is 0 Å². The molecule has 0 heterocycles. The van der Waals surface area contributed by atoms with E-state index in [4.69, 9.17) is 14.6 Å². The zero-order chi connectivity index (χ0) is 15.7. The molecule has 21 heavy (non-hydrogen) atoms. The summed E-state index contributed by atoms with van der Waals surface area (Å²) in [6.45, 7) is 4.11. The Labute approximate surface area is 124 Å². The third kappa shape index (κ3) is 6.16. The topological polar surface area (TPSA) is 84.9 Å². The van der Waals surface area contributed by atoms with Gasteiger partial charge in [0.15, 0.2) is 6.61 Å². The number of nitrogens with one attached hydrogen (secondary N) is 1. The molecule has 1 aromatic rings. The van der Waals surface area contributed by atoms with Gasteiger partial charge in [0.25, 0.3) is 5.91 Å². The van der Waals surface area contributed by atoms with E-state index in [2.05, 4.69) is 5.32 Å². The summed E-state index contributed by atoms with van der Waals surface area (Å²) in [4.78, 5) is 22.6. The fourth-order valence-corrected chi connectivity index (χ4v) is 1.73. The summed E-state index contributed by atoms with van der Waals surface area (Å²) in [7, 11) is 0. The van der Waals surface area contributed by atoms with Crippen molar-refractivity contribution in [2.24, 2.45) is 0 Å². The minimum absolute atomic E-state index is 0.221. The molecule has 0 aliphatic carbocycles. The Balaban J connectivity index is 2.43. The number of amides is 1. The molecule has 0 saturated heterocycles. The Morgan fingerprint density at radius 1 is 1.14 bits per heavy atom. The molecule has 116 valence electrons. The van der Waals surface area contributed by atoms with Crippen LogP contribution < -0.4 is 14.8 Å². The van der Waals surface area contributed by atoms with Gasteiger partial charge in [-0.2, -0.15) is 0 Å². The Morgan fingerprint density at radius 2 is 1.71 bits per heavy atom. The summed E-state index contributed by atoms with van der Waals surface area (Å²) in [6, 6.07) is 6.01. The molecule has 1 amide bonds. The van der Waals surface area contributed by atoms with Crippen LogP contribution in [-0.4, -0.2) is 36.2 Å².